The van der Waals surface area contributed by atoms with E-state index >= 15 is 0 Å². The lowest BCUT2D eigenvalue weighted by molar-refractivity contribution is -0.143. The molecule has 0 spiro atoms. The molecule has 1 amide bonds. The lowest BCUT2D eigenvalue weighted by Crippen LogP contribution is -2.39. The van der Waals surface area contributed by atoms with E-state index in [0.29, 0.717) is 13.0 Å². The van der Waals surface area contributed by atoms with Crippen LogP contribution in [0.4, 0.5) is 4.79 Å². The molecule has 0 aromatic heterocycles. The van der Waals surface area contributed by atoms with Gasteiger partial charge >= 0.3 is 12.1 Å². The van der Waals surface area contributed by atoms with Gasteiger partial charge in [-0.25, -0.2) is 4.79 Å². The van der Waals surface area contributed by atoms with Gasteiger partial charge < -0.3 is 14.4 Å². The highest BCUT2D eigenvalue weighted by molar-refractivity contribution is 5.75. The number of esters is 1. The van der Waals surface area contributed by atoms with Crippen molar-refractivity contribution in [2.45, 2.75) is 51.7 Å². The first-order valence-corrected chi connectivity index (χ1v) is 9.10. The molecule has 1 aliphatic heterocycles. The molecule has 5 nitrogen and oxygen atoms in total. The van der Waals surface area contributed by atoms with Gasteiger partial charge in [-0.2, -0.15) is 0 Å². The largest absolute Gasteiger partial charge is 0.469 e. The number of likely N-dealkylation sites (tertiary alicyclic amines) is 1. The molecular formula is C21H29NO4. The fourth-order valence-corrected chi connectivity index (χ4v) is 3.05. The Morgan fingerprint density at radius 2 is 1.96 bits per heavy atom. The maximum atomic E-state index is 12.4. The number of hydrogen-bond acceptors (Lipinski definition) is 4. The second kappa shape index (κ2) is 8.88. The predicted octanol–water partition coefficient (Wildman–Crippen LogP) is 3.97. The lowest BCUT2D eigenvalue weighted by atomic mass is 9.98. The summed E-state index contributed by atoms with van der Waals surface area (Å²) in [5.74, 6) is -0.643. The van der Waals surface area contributed by atoms with Crippen LogP contribution in [0.25, 0.3) is 0 Å². The molecule has 1 fully saturated rings. The summed E-state index contributed by atoms with van der Waals surface area (Å²) in [5.41, 5.74) is 0.554. The molecule has 0 aliphatic carbocycles. The Morgan fingerprint density at radius 3 is 2.58 bits per heavy atom. The lowest BCUT2D eigenvalue weighted by Gasteiger charge is -2.27. The standard InChI is InChI=1S/C21H29NO4/c1-21(2,3)26-20(24)22-14-8-11-18(22)13-12-17(19(23)25-4)15-16-9-6-5-7-10-16/h5-7,9-10,12-13,17-18H,8,11,14-15H2,1-4H3/b13-12+/t17-,18-/m0/s1. The van der Waals surface area contributed by atoms with Gasteiger partial charge in [0.15, 0.2) is 0 Å². The SMILES string of the molecule is COC(=O)[C@@H](/C=C/[C@@H]1CCCN1C(=O)OC(C)(C)C)Cc1ccccc1. The highest BCUT2D eigenvalue weighted by Crippen LogP contribution is 2.23. The number of ether oxygens (including phenoxy) is 2. The molecule has 0 saturated carbocycles. The number of hydrogen-bond donors (Lipinski definition) is 0. The molecule has 1 heterocycles. The predicted molar refractivity (Wildman–Crippen MR) is 101 cm³/mol. The molecule has 0 radical (unpaired) electrons. The van der Waals surface area contributed by atoms with Crippen molar-refractivity contribution in [2.75, 3.05) is 13.7 Å². The van der Waals surface area contributed by atoms with Gasteiger partial charge in [-0.05, 0) is 45.6 Å². The Hall–Kier alpha value is -2.30. The zero-order valence-corrected chi connectivity index (χ0v) is 16.1. The molecular weight excluding hydrogens is 330 g/mol. The molecule has 5 heteroatoms. The van der Waals surface area contributed by atoms with E-state index in [1.54, 1.807) is 4.90 Å². The average Bonchev–Trinajstić information content (AvgIpc) is 3.06. The van der Waals surface area contributed by atoms with Gasteiger partial charge in [-0.1, -0.05) is 42.5 Å². The number of carbonyl (C=O) groups excluding carboxylic acids is 2. The summed E-state index contributed by atoms with van der Waals surface area (Å²) in [6.07, 6.45) is 5.88. The Kier molecular flexibility index (Phi) is 6.83. The van der Waals surface area contributed by atoms with Crippen LogP contribution in [0.5, 0.6) is 0 Å². The van der Waals surface area contributed by atoms with E-state index in [4.69, 9.17) is 9.47 Å². The number of nitrogens with zero attached hydrogens (tertiary/aromatic N) is 1. The molecule has 26 heavy (non-hydrogen) atoms. The van der Waals surface area contributed by atoms with Gasteiger partial charge in [0, 0.05) is 6.54 Å². The second-order valence-electron chi connectivity index (χ2n) is 7.59. The summed E-state index contributed by atoms with van der Waals surface area (Å²) in [5, 5.41) is 0. The van der Waals surface area contributed by atoms with E-state index in [1.165, 1.54) is 7.11 Å². The maximum absolute atomic E-state index is 12.4. The fourth-order valence-electron chi connectivity index (χ4n) is 3.05. The van der Waals surface area contributed by atoms with Gasteiger partial charge in [-0.15, -0.1) is 0 Å². The van der Waals surface area contributed by atoms with Crippen molar-refractivity contribution in [3.8, 4) is 0 Å². The van der Waals surface area contributed by atoms with Crippen LogP contribution in [-0.4, -0.2) is 42.3 Å². The van der Waals surface area contributed by atoms with Crippen LogP contribution in [0.3, 0.4) is 0 Å². The molecule has 0 bridgehead atoms. The first-order chi connectivity index (χ1) is 12.3. The third kappa shape index (κ3) is 5.90. The van der Waals surface area contributed by atoms with Crippen molar-refractivity contribution in [2.24, 2.45) is 5.92 Å². The van der Waals surface area contributed by atoms with E-state index < -0.39 is 5.60 Å². The topological polar surface area (TPSA) is 55.8 Å². The smallest absolute Gasteiger partial charge is 0.410 e. The van der Waals surface area contributed by atoms with Crippen LogP contribution < -0.4 is 0 Å². The van der Waals surface area contributed by atoms with Crippen molar-refractivity contribution in [1.82, 2.24) is 4.90 Å². The zero-order valence-electron chi connectivity index (χ0n) is 16.1. The van der Waals surface area contributed by atoms with E-state index in [1.807, 2.05) is 63.3 Å². The minimum atomic E-state index is -0.518. The number of rotatable bonds is 5. The highest BCUT2D eigenvalue weighted by Gasteiger charge is 2.31. The zero-order chi connectivity index (χ0) is 19.2. The Morgan fingerprint density at radius 1 is 1.27 bits per heavy atom. The molecule has 2 rings (SSSR count). The summed E-state index contributed by atoms with van der Waals surface area (Å²) >= 11 is 0. The molecule has 1 aromatic rings. The monoisotopic (exact) mass is 359 g/mol. The minimum absolute atomic E-state index is 0.0484. The van der Waals surface area contributed by atoms with Crippen LogP contribution in [0.1, 0.15) is 39.2 Å². The summed E-state index contributed by atoms with van der Waals surface area (Å²) in [4.78, 5) is 26.3. The second-order valence-corrected chi connectivity index (χ2v) is 7.59. The van der Waals surface area contributed by atoms with E-state index in [2.05, 4.69) is 0 Å². The van der Waals surface area contributed by atoms with Gasteiger partial charge in [0.1, 0.15) is 5.60 Å². The van der Waals surface area contributed by atoms with E-state index in [0.717, 1.165) is 18.4 Å². The molecule has 142 valence electrons. The summed E-state index contributed by atoms with van der Waals surface area (Å²) in [6, 6.07) is 9.79. The number of carbonyl (C=O) groups is 2. The molecule has 1 aliphatic rings. The van der Waals surface area contributed by atoms with Gasteiger partial charge in [0.05, 0.1) is 19.1 Å². The first kappa shape index (κ1) is 20.0. The highest BCUT2D eigenvalue weighted by atomic mass is 16.6. The Balaban J connectivity index is 2.07. The number of amides is 1. The molecule has 0 unspecified atom stereocenters. The van der Waals surface area contributed by atoms with Gasteiger partial charge in [0.25, 0.3) is 0 Å². The van der Waals surface area contributed by atoms with E-state index in [-0.39, 0.29) is 24.0 Å². The first-order valence-electron chi connectivity index (χ1n) is 9.10. The summed E-state index contributed by atoms with van der Waals surface area (Å²) in [7, 11) is 1.40. The van der Waals surface area contributed by atoms with Crippen molar-refractivity contribution >= 4 is 12.1 Å². The van der Waals surface area contributed by atoms with Crippen molar-refractivity contribution in [1.29, 1.82) is 0 Å². The quantitative estimate of drug-likeness (QED) is 0.589. The third-order valence-electron chi connectivity index (χ3n) is 4.30. The third-order valence-corrected chi connectivity index (χ3v) is 4.30. The molecule has 1 saturated heterocycles. The minimum Gasteiger partial charge on any atom is -0.469 e. The van der Waals surface area contributed by atoms with Crippen LogP contribution in [-0.2, 0) is 20.7 Å². The average molecular weight is 359 g/mol. The van der Waals surface area contributed by atoms with Crippen LogP contribution in [0.2, 0.25) is 0 Å². The fraction of sp³-hybridized carbons (Fsp3) is 0.524. The summed E-state index contributed by atoms with van der Waals surface area (Å²) in [6.45, 7) is 6.25. The molecule has 1 aromatic carbocycles. The Bertz CT molecular complexity index is 633. The number of benzene rings is 1. The maximum Gasteiger partial charge on any atom is 0.410 e. The molecule has 0 N–H and O–H groups in total. The van der Waals surface area contributed by atoms with Crippen LogP contribution in [0, 0.1) is 5.92 Å². The number of methoxy groups -OCH3 is 1. The molecule has 2 atom stereocenters. The van der Waals surface area contributed by atoms with Crippen molar-refractivity contribution < 1.29 is 19.1 Å². The van der Waals surface area contributed by atoms with Crippen molar-refractivity contribution in [3.05, 3.63) is 48.0 Å². The van der Waals surface area contributed by atoms with Gasteiger partial charge in [-0.3, -0.25) is 4.79 Å². The van der Waals surface area contributed by atoms with Crippen molar-refractivity contribution in [3.63, 3.8) is 0 Å². The Labute approximate surface area is 156 Å². The van der Waals surface area contributed by atoms with Crippen LogP contribution >= 0.6 is 0 Å². The normalized spacial score (nSPS) is 18.8. The summed E-state index contributed by atoms with van der Waals surface area (Å²) < 4.78 is 10.4. The van der Waals surface area contributed by atoms with Crippen LogP contribution in [0.15, 0.2) is 42.5 Å². The van der Waals surface area contributed by atoms with Gasteiger partial charge in [0.2, 0.25) is 0 Å². The van der Waals surface area contributed by atoms with E-state index in [9.17, 15) is 9.59 Å².